The van der Waals surface area contributed by atoms with Gasteiger partial charge >= 0.3 is 12.0 Å². The summed E-state index contributed by atoms with van der Waals surface area (Å²) in [5.41, 5.74) is 3.33. The Hall–Kier alpha value is -2.34. The van der Waals surface area contributed by atoms with Crippen LogP contribution in [0.5, 0.6) is 0 Å². The Morgan fingerprint density at radius 1 is 1.21 bits per heavy atom. The number of nitrogens with zero attached hydrogens (tertiary/aromatic N) is 2. The summed E-state index contributed by atoms with van der Waals surface area (Å²) >= 11 is 0. The standard InChI is InChI=1S/C22H31N3O3/c1-4-25-18(15-24-12-7-6-8-13-24)19(21(26)28-5-2)20(23-22(25)27)17-11-9-10-16(3)14-17/h9-11,14,20H,4-8,12-13,15H2,1-3H3,(H,23,27)/t20-/m1/s1. The fraction of sp³-hybridized carbons (Fsp3) is 0.545. The number of carbonyl (C=O) groups excluding carboxylic acids is 2. The Balaban J connectivity index is 2.08. The molecule has 0 spiro atoms. The molecule has 1 atom stereocenters. The van der Waals surface area contributed by atoms with Gasteiger partial charge in [0.15, 0.2) is 0 Å². The molecule has 6 heteroatoms. The fourth-order valence-electron chi connectivity index (χ4n) is 4.09. The van der Waals surface area contributed by atoms with E-state index in [1.165, 1.54) is 6.42 Å². The number of ether oxygens (including phenoxy) is 1. The number of benzene rings is 1. The van der Waals surface area contributed by atoms with Crippen LogP contribution in [0.3, 0.4) is 0 Å². The number of hydrogen-bond donors (Lipinski definition) is 1. The number of nitrogens with one attached hydrogen (secondary N) is 1. The minimum Gasteiger partial charge on any atom is -0.463 e. The lowest BCUT2D eigenvalue weighted by atomic mass is 9.93. The maximum atomic E-state index is 13.0. The summed E-state index contributed by atoms with van der Waals surface area (Å²) < 4.78 is 5.42. The summed E-state index contributed by atoms with van der Waals surface area (Å²) in [4.78, 5) is 29.9. The van der Waals surface area contributed by atoms with Crippen LogP contribution in [-0.2, 0) is 9.53 Å². The van der Waals surface area contributed by atoms with Gasteiger partial charge in [0, 0.05) is 18.8 Å². The molecule has 2 amide bonds. The third-order valence-electron chi connectivity index (χ3n) is 5.45. The number of aryl methyl sites for hydroxylation is 1. The molecule has 1 aromatic rings. The lowest BCUT2D eigenvalue weighted by Gasteiger charge is -2.39. The molecule has 1 aromatic carbocycles. The largest absolute Gasteiger partial charge is 0.463 e. The highest BCUT2D eigenvalue weighted by Gasteiger charge is 2.38. The van der Waals surface area contributed by atoms with E-state index in [-0.39, 0.29) is 12.0 Å². The van der Waals surface area contributed by atoms with Gasteiger partial charge in [-0.1, -0.05) is 36.2 Å². The Morgan fingerprint density at radius 3 is 2.61 bits per heavy atom. The van der Waals surface area contributed by atoms with Crippen LogP contribution >= 0.6 is 0 Å². The van der Waals surface area contributed by atoms with E-state index in [4.69, 9.17) is 4.74 Å². The number of rotatable bonds is 6. The lowest BCUT2D eigenvalue weighted by molar-refractivity contribution is -0.139. The SMILES string of the molecule is CCOC(=O)C1=C(CN2CCCCC2)N(CC)C(=O)N[C@@H]1c1cccc(C)c1. The Labute approximate surface area is 167 Å². The smallest absolute Gasteiger partial charge is 0.338 e. The number of esters is 1. The molecular weight excluding hydrogens is 354 g/mol. The number of likely N-dealkylation sites (N-methyl/N-ethyl adjacent to an activating group) is 1. The van der Waals surface area contributed by atoms with Crippen molar-refractivity contribution in [3.8, 4) is 0 Å². The van der Waals surface area contributed by atoms with Gasteiger partial charge in [0.1, 0.15) is 0 Å². The fourth-order valence-corrected chi connectivity index (χ4v) is 4.09. The summed E-state index contributed by atoms with van der Waals surface area (Å²) in [7, 11) is 0. The Kier molecular flexibility index (Phi) is 6.73. The lowest BCUT2D eigenvalue weighted by Crippen LogP contribution is -2.51. The molecule has 2 aliphatic heterocycles. The predicted octanol–water partition coefficient (Wildman–Crippen LogP) is 3.38. The molecule has 6 nitrogen and oxygen atoms in total. The summed E-state index contributed by atoms with van der Waals surface area (Å²) in [6.45, 7) is 9.15. The Morgan fingerprint density at radius 2 is 1.96 bits per heavy atom. The highest BCUT2D eigenvalue weighted by atomic mass is 16.5. The van der Waals surface area contributed by atoms with E-state index in [1.54, 1.807) is 4.90 Å². The number of piperidine rings is 1. The van der Waals surface area contributed by atoms with Crippen molar-refractivity contribution in [1.82, 2.24) is 15.1 Å². The van der Waals surface area contributed by atoms with E-state index in [0.717, 1.165) is 42.8 Å². The van der Waals surface area contributed by atoms with E-state index >= 15 is 0 Å². The highest BCUT2D eigenvalue weighted by molar-refractivity contribution is 5.95. The zero-order valence-electron chi connectivity index (χ0n) is 17.2. The Bertz CT molecular complexity index is 753. The maximum absolute atomic E-state index is 13.0. The molecule has 0 unspecified atom stereocenters. The van der Waals surface area contributed by atoms with Gasteiger partial charge in [-0.3, -0.25) is 9.80 Å². The van der Waals surface area contributed by atoms with Crippen molar-refractivity contribution in [3.05, 3.63) is 46.7 Å². The molecule has 1 saturated heterocycles. The first-order chi connectivity index (χ1) is 13.5. The molecular formula is C22H31N3O3. The molecule has 0 radical (unpaired) electrons. The van der Waals surface area contributed by atoms with Crippen molar-refractivity contribution in [3.63, 3.8) is 0 Å². The van der Waals surface area contributed by atoms with Crippen molar-refractivity contribution in [2.24, 2.45) is 0 Å². The van der Waals surface area contributed by atoms with Gasteiger partial charge in [-0.2, -0.15) is 0 Å². The molecule has 0 saturated carbocycles. The number of urea groups is 1. The van der Waals surface area contributed by atoms with E-state index in [1.807, 2.05) is 45.0 Å². The molecule has 1 N–H and O–H groups in total. The first-order valence-electron chi connectivity index (χ1n) is 10.3. The van der Waals surface area contributed by atoms with Crippen LogP contribution in [-0.4, -0.2) is 54.6 Å². The van der Waals surface area contributed by atoms with E-state index < -0.39 is 6.04 Å². The first kappa shape index (κ1) is 20.4. The van der Waals surface area contributed by atoms with Crippen molar-refractivity contribution in [1.29, 1.82) is 0 Å². The van der Waals surface area contributed by atoms with Crippen molar-refractivity contribution >= 4 is 12.0 Å². The van der Waals surface area contributed by atoms with Crippen LogP contribution in [0.2, 0.25) is 0 Å². The van der Waals surface area contributed by atoms with E-state index in [9.17, 15) is 9.59 Å². The zero-order valence-corrected chi connectivity index (χ0v) is 17.2. The van der Waals surface area contributed by atoms with Crippen molar-refractivity contribution < 1.29 is 14.3 Å². The van der Waals surface area contributed by atoms with Crippen LogP contribution in [0.1, 0.15) is 50.3 Å². The van der Waals surface area contributed by atoms with Crippen molar-refractivity contribution in [2.75, 3.05) is 32.8 Å². The molecule has 0 aromatic heterocycles. The molecule has 0 bridgehead atoms. The molecule has 0 aliphatic carbocycles. The number of carbonyl (C=O) groups is 2. The van der Waals surface area contributed by atoms with Crippen LogP contribution in [0, 0.1) is 6.92 Å². The van der Waals surface area contributed by atoms with Gasteiger partial charge < -0.3 is 10.1 Å². The van der Waals surface area contributed by atoms with Gasteiger partial charge in [-0.25, -0.2) is 9.59 Å². The van der Waals surface area contributed by atoms with Crippen LogP contribution in [0.15, 0.2) is 35.5 Å². The van der Waals surface area contributed by atoms with Crippen LogP contribution in [0.4, 0.5) is 4.79 Å². The maximum Gasteiger partial charge on any atom is 0.338 e. The monoisotopic (exact) mass is 385 g/mol. The van der Waals surface area contributed by atoms with Gasteiger partial charge in [0.05, 0.1) is 18.2 Å². The summed E-state index contributed by atoms with van der Waals surface area (Å²) in [6.07, 6.45) is 3.55. The van der Waals surface area contributed by atoms with Gasteiger partial charge in [0.2, 0.25) is 0 Å². The molecule has 28 heavy (non-hydrogen) atoms. The number of hydrogen-bond acceptors (Lipinski definition) is 4. The molecule has 152 valence electrons. The number of amides is 2. The quantitative estimate of drug-likeness (QED) is 0.763. The predicted molar refractivity (Wildman–Crippen MR) is 109 cm³/mol. The van der Waals surface area contributed by atoms with Crippen LogP contribution in [0.25, 0.3) is 0 Å². The molecule has 2 aliphatic rings. The minimum atomic E-state index is -0.492. The summed E-state index contributed by atoms with van der Waals surface area (Å²) in [5, 5.41) is 3.03. The van der Waals surface area contributed by atoms with Gasteiger partial charge in [0.25, 0.3) is 0 Å². The third kappa shape index (κ3) is 4.38. The normalized spacial score (nSPS) is 20.9. The highest BCUT2D eigenvalue weighted by Crippen LogP contribution is 2.32. The summed E-state index contributed by atoms with van der Waals surface area (Å²) in [6, 6.07) is 7.29. The average molecular weight is 386 g/mol. The summed E-state index contributed by atoms with van der Waals surface area (Å²) in [5.74, 6) is -0.348. The zero-order chi connectivity index (χ0) is 20.1. The number of likely N-dealkylation sites (tertiary alicyclic amines) is 1. The van der Waals surface area contributed by atoms with E-state index in [0.29, 0.717) is 25.3 Å². The van der Waals surface area contributed by atoms with Gasteiger partial charge in [-0.15, -0.1) is 0 Å². The average Bonchev–Trinajstić information content (AvgIpc) is 2.68. The molecule has 2 heterocycles. The molecule has 1 fully saturated rings. The second-order valence-corrected chi connectivity index (χ2v) is 7.46. The van der Waals surface area contributed by atoms with Crippen LogP contribution < -0.4 is 5.32 Å². The van der Waals surface area contributed by atoms with E-state index in [2.05, 4.69) is 10.2 Å². The minimum absolute atomic E-state index is 0.158. The second kappa shape index (κ2) is 9.24. The topological polar surface area (TPSA) is 61.9 Å². The second-order valence-electron chi connectivity index (χ2n) is 7.46. The van der Waals surface area contributed by atoms with Gasteiger partial charge in [-0.05, 0) is 52.3 Å². The molecule has 3 rings (SSSR count). The third-order valence-corrected chi connectivity index (χ3v) is 5.45. The van der Waals surface area contributed by atoms with Crippen molar-refractivity contribution in [2.45, 2.75) is 46.1 Å². The first-order valence-corrected chi connectivity index (χ1v) is 10.3.